The Morgan fingerprint density at radius 1 is 1.40 bits per heavy atom. The molecule has 0 unspecified atom stereocenters. The molecule has 0 atom stereocenters. The summed E-state index contributed by atoms with van der Waals surface area (Å²) in [6, 6.07) is 0.962. The van der Waals surface area contributed by atoms with Gasteiger partial charge in [-0.15, -0.1) is 0 Å². The molecule has 0 fully saturated rings. The Morgan fingerprint density at radius 2 is 2.05 bits per heavy atom. The molecule has 0 aliphatic heterocycles. The van der Waals surface area contributed by atoms with Crippen molar-refractivity contribution < 1.29 is 13.2 Å². The summed E-state index contributed by atoms with van der Waals surface area (Å²) < 4.78 is 40.5. The Morgan fingerprint density at radius 3 is 2.60 bits per heavy atom. The monoisotopic (exact) mass is 305 g/mol. The minimum Gasteiger partial charge on any atom is -0.396 e. The normalized spacial score (nSPS) is 12.3. The van der Waals surface area contributed by atoms with Crippen LogP contribution in [0.25, 0.3) is 11.0 Å². The average Bonchev–Trinajstić information content (AvgIpc) is 2.66. The van der Waals surface area contributed by atoms with E-state index in [2.05, 4.69) is 4.98 Å². The van der Waals surface area contributed by atoms with Gasteiger partial charge >= 0.3 is 6.18 Å². The van der Waals surface area contributed by atoms with Crippen LogP contribution in [-0.4, -0.2) is 9.55 Å². The number of rotatable bonds is 3. The number of nitrogens with two attached hydrogens (primary N) is 1. The van der Waals surface area contributed by atoms with Crippen LogP contribution >= 0.6 is 11.6 Å². The second-order valence-corrected chi connectivity index (χ2v) is 5.06. The molecular weight excluding hydrogens is 291 g/mol. The topological polar surface area (TPSA) is 43.8 Å². The summed E-state index contributed by atoms with van der Waals surface area (Å²) in [6.45, 7) is 4.44. The van der Waals surface area contributed by atoms with Gasteiger partial charge in [-0.2, -0.15) is 13.2 Å². The lowest BCUT2D eigenvalue weighted by Gasteiger charge is -2.13. The zero-order chi connectivity index (χ0) is 15.1. The van der Waals surface area contributed by atoms with Crippen LogP contribution in [0.4, 0.5) is 18.9 Å². The van der Waals surface area contributed by atoms with Crippen LogP contribution in [0.5, 0.6) is 0 Å². The maximum absolute atomic E-state index is 12.9. The van der Waals surface area contributed by atoms with Gasteiger partial charge in [0, 0.05) is 6.54 Å². The molecule has 1 heterocycles. The molecule has 0 radical (unpaired) electrons. The quantitative estimate of drug-likeness (QED) is 0.854. The van der Waals surface area contributed by atoms with Crippen molar-refractivity contribution in [1.82, 2.24) is 9.55 Å². The molecule has 1 aromatic carbocycles. The number of anilines is 1. The maximum atomic E-state index is 12.9. The van der Waals surface area contributed by atoms with Gasteiger partial charge in [-0.05, 0) is 19.4 Å². The van der Waals surface area contributed by atoms with Crippen molar-refractivity contribution in [3.63, 3.8) is 0 Å². The van der Waals surface area contributed by atoms with Gasteiger partial charge in [-0.25, -0.2) is 4.98 Å². The molecule has 3 nitrogen and oxygen atoms in total. The van der Waals surface area contributed by atoms with E-state index >= 15 is 0 Å². The SMILES string of the molecule is CCCCn1c(C)nc2cc(C(F)(F)F)c(Cl)c(N)c21. The molecule has 20 heavy (non-hydrogen) atoms. The molecule has 0 aliphatic rings. The maximum Gasteiger partial charge on any atom is 0.418 e. The standard InChI is InChI=1S/C13H15ClF3N3/c1-3-4-5-20-7(2)19-9-6-8(13(15,16)17)10(14)11(18)12(9)20/h6H,3-5,18H2,1-2H3. The number of hydrogen-bond donors (Lipinski definition) is 1. The number of nitrogens with zero attached hydrogens (tertiary/aromatic N) is 2. The first-order chi connectivity index (χ1) is 9.27. The second-order valence-electron chi connectivity index (χ2n) is 4.68. The van der Waals surface area contributed by atoms with E-state index in [1.165, 1.54) is 0 Å². The van der Waals surface area contributed by atoms with Crippen molar-refractivity contribution in [2.24, 2.45) is 0 Å². The Balaban J connectivity index is 2.71. The zero-order valence-electron chi connectivity index (χ0n) is 11.2. The summed E-state index contributed by atoms with van der Waals surface area (Å²) in [6.07, 6.45) is -2.68. The zero-order valence-corrected chi connectivity index (χ0v) is 11.9. The summed E-state index contributed by atoms with van der Waals surface area (Å²) in [5.74, 6) is 0.635. The first kappa shape index (κ1) is 15.0. The molecule has 2 rings (SSSR count). The van der Waals surface area contributed by atoms with Gasteiger partial charge in [0.15, 0.2) is 0 Å². The lowest BCUT2D eigenvalue weighted by atomic mass is 10.1. The number of imidazole rings is 1. The molecule has 0 amide bonds. The van der Waals surface area contributed by atoms with Gasteiger partial charge in [0.1, 0.15) is 5.82 Å². The fourth-order valence-corrected chi connectivity index (χ4v) is 2.47. The number of hydrogen-bond acceptors (Lipinski definition) is 2. The van der Waals surface area contributed by atoms with E-state index in [0.717, 1.165) is 18.9 Å². The number of fused-ring (bicyclic) bond motifs is 1. The molecule has 0 saturated heterocycles. The molecule has 0 saturated carbocycles. The highest BCUT2D eigenvalue weighted by atomic mass is 35.5. The minimum atomic E-state index is -4.54. The number of halogens is 4. The summed E-state index contributed by atoms with van der Waals surface area (Å²) in [5, 5.41) is -0.456. The van der Waals surface area contributed by atoms with Gasteiger partial charge in [-0.3, -0.25) is 0 Å². The number of nitrogen functional groups attached to an aromatic ring is 1. The fraction of sp³-hybridized carbons (Fsp3) is 0.462. The Hall–Kier alpha value is -1.43. The van der Waals surface area contributed by atoms with E-state index in [1.807, 2.05) is 11.5 Å². The summed E-state index contributed by atoms with van der Waals surface area (Å²) in [4.78, 5) is 4.17. The molecule has 0 bridgehead atoms. The smallest absolute Gasteiger partial charge is 0.396 e. The molecule has 1 aromatic heterocycles. The largest absolute Gasteiger partial charge is 0.418 e. The predicted molar refractivity (Wildman–Crippen MR) is 73.8 cm³/mol. The van der Waals surface area contributed by atoms with Gasteiger partial charge in [0.25, 0.3) is 0 Å². The van der Waals surface area contributed by atoms with Crippen molar-refractivity contribution in [2.45, 2.75) is 39.4 Å². The molecule has 2 N–H and O–H groups in total. The van der Waals surface area contributed by atoms with Crippen molar-refractivity contribution in [2.75, 3.05) is 5.73 Å². The van der Waals surface area contributed by atoms with Gasteiger partial charge in [0.05, 0.1) is 27.3 Å². The first-order valence-electron chi connectivity index (χ1n) is 6.29. The molecular formula is C13H15ClF3N3. The molecule has 7 heteroatoms. The lowest BCUT2D eigenvalue weighted by molar-refractivity contribution is -0.137. The molecule has 0 spiro atoms. The van der Waals surface area contributed by atoms with Gasteiger partial charge in [0.2, 0.25) is 0 Å². The number of unbranched alkanes of at least 4 members (excludes halogenated alkanes) is 1. The van der Waals surface area contributed by atoms with Crippen LogP contribution in [0, 0.1) is 6.92 Å². The highest BCUT2D eigenvalue weighted by molar-refractivity contribution is 6.35. The average molecular weight is 306 g/mol. The third-order valence-corrected chi connectivity index (χ3v) is 3.64. The van der Waals surface area contributed by atoms with Crippen LogP contribution in [0.15, 0.2) is 6.07 Å². The Kier molecular flexibility index (Phi) is 3.86. The summed E-state index contributed by atoms with van der Waals surface area (Å²) in [5.41, 5.74) is 5.52. The first-order valence-corrected chi connectivity index (χ1v) is 6.67. The number of benzene rings is 1. The van der Waals surface area contributed by atoms with E-state index in [1.54, 1.807) is 6.92 Å². The summed E-state index contributed by atoms with van der Waals surface area (Å²) in [7, 11) is 0. The molecule has 2 aromatic rings. The van der Waals surface area contributed by atoms with Gasteiger partial charge in [-0.1, -0.05) is 24.9 Å². The van der Waals surface area contributed by atoms with E-state index in [-0.39, 0.29) is 11.2 Å². The summed E-state index contributed by atoms with van der Waals surface area (Å²) >= 11 is 5.79. The highest BCUT2D eigenvalue weighted by Gasteiger charge is 2.35. The lowest BCUT2D eigenvalue weighted by Crippen LogP contribution is -2.09. The highest BCUT2D eigenvalue weighted by Crippen LogP contribution is 2.41. The predicted octanol–water partition coefficient (Wildman–Crippen LogP) is 4.40. The van der Waals surface area contributed by atoms with Crippen molar-refractivity contribution in [3.8, 4) is 0 Å². The van der Waals surface area contributed by atoms with E-state index in [4.69, 9.17) is 17.3 Å². The van der Waals surface area contributed by atoms with E-state index in [9.17, 15) is 13.2 Å². The minimum absolute atomic E-state index is 0.0619. The van der Waals surface area contributed by atoms with Crippen LogP contribution < -0.4 is 5.73 Å². The Bertz CT molecular complexity index is 647. The second kappa shape index (κ2) is 5.16. The third kappa shape index (κ3) is 2.44. The number of alkyl halides is 3. The molecule has 0 aliphatic carbocycles. The van der Waals surface area contributed by atoms with Crippen LogP contribution in [0.1, 0.15) is 31.2 Å². The number of aryl methyl sites for hydroxylation is 2. The van der Waals surface area contributed by atoms with Crippen LogP contribution in [0.2, 0.25) is 5.02 Å². The van der Waals surface area contributed by atoms with Gasteiger partial charge < -0.3 is 10.3 Å². The van der Waals surface area contributed by atoms with Crippen LogP contribution in [0.3, 0.4) is 0 Å². The Labute approximate surface area is 119 Å². The van der Waals surface area contributed by atoms with E-state index < -0.39 is 16.8 Å². The number of aromatic nitrogens is 2. The van der Waals surface area contributed by atoms with Crippen molar-refractivity contribution in [1.29, 1.82) is 0 Å². The van der Waals surface area contributed by atoms with Crippen molar-refractivity contribution in [3.05, 3.63) is 22.5 Å². The van der Waals surface area contributed by atoms with Crippen molar-refractivity contribution >= 4 is 28.3 Å². The van der Waals surface area contributed by atoms with Crippen LogP contribution in [-0.2, 0) is 12.7 Å². The third-order valence-electron chi connectivity index (χ3n) is 3.24. The van der Waals surface area contributed by atoms with E-state index in [0.29, 0.717) is 17.9 Å². The molecule has 110 valence electrons. The fourth-order valence-electron chi connectivity index (χ4n) is 2.22.